The minimum absolute atomic E-state index is 0. The topological polar surface area (TPSA) is 71.2 Å². The fraction of sp³-hybridized carbons (Fsp3) is 0.600. The molecule has 0 aromatic carbocycles. The Labute approximate surface area is 132 Å². The zero-order chi connectivity index (χ0) is 14.6. The lowest BCUT2D eigenvalue weighted by Gasteiger charge is -2.43. The Morgan fingerprint density at radius 1 is 1.33 bits per heavy atom. The molecule has 0 spiro atoms. The van der Waals surface area contributed by atoms with E-state index in [-0.39, 0.29) is 23.9 Å². The summed E-state index contributed by atoms with van der Waals surface area (Å²) >= 11 is 0. The van der Waals surface area contributed by atoms with Crippen molar-refractivity contribution in [3.63, 3.8) is 0 Å². The smallest absolute Gasteiger partial charge is 0.269 e. The Balaban J connectivity index is 0.00000220. The fourth-order valence-corrected chi connectivity index (χ4v) is 2.87. The van der Waals surface area contributed by atoms with E-state index in [1.165, 1.54) is 25.5 Å². The van der Waals surface area contributed by atoms with Gasteiger partial charge < -0.3 is 16.0 Å². The maximum atomic E-state index is 12.1. The van der Waals surface area contributed by atoms with Crippen molar-refractivity contribution in [3.8, 4) is 0 Å². The van der Waals surface area contributed by atoms with Crippen molar-refractivity contribution in [2.45, 2.75) is 37.6 Å². The Kier molecular flexibility index (Phi) is 6.42. The average Bonchev–Trinajstić information content (AvgIpc) is 2.46. The molecule has 0 saturated heterocycles. The van der Waals surface area contributed by atoms with Crippen molar-refractivity contribution in [1.82, 2.24) is 15.2 Å². The van der Waals surface area contributed by atoms with Crippen molar-refractivity contribution < 1.29 is 4.79 Å². The Bertz CT molecular complexity index is 455. The third-order valence-corrected chi connectivity index (χ3v) is 4.33. The van der Waals surface area contributed by atoms with Crippen LogP contribution in [0.25, 0.3) is 0 Å². The molecule has 2 rings (SSSR count). The first-order chi connectivity index (χ1) is 9.53. The molecule has 118 valence electrons. The Morgan fingerprint density at radius 2 is 2.00 bits per heavy atom. The molecule has 0 unspecified atom stereocenters. The summed E-state index contributed by atoms with van der Waals surface area (Å²) < 4.78 is 0. The van der Waals surface area contributed by atoms with Crippen LogP contribution >= 0.6 is 12.4 Å². The highest BCUT2D eigenvalue weighted by atomic mass is 35.5. The highest BCUT2D eigenvalue weighted by molar-refractivity contribution is 5.92. The number of hydrogen-bond acceptors (Lipinski definition) is 4. The number of carbonyl (C=O) groups excluding carboxylic acids is 1. The SMILES string of the molecule is CN(C)C1(CNC(=O)c2ccc(N)cn2)CCCCC1.Cl. The first-order valence-electron chi connectivity index (χ1n) is 7.21. The van der Waals surface area contributed by atoms with Crippen LogP contribution < -0.4 is 11.1 Å². The van der Waals surface area contributed by atoms with Crippen molar-refractivity contribution in [3.05, 3.63) is 24.0 Å². The number of nitrogens with one attached hydrogen (secondary N) is 1. The molecule has 1 saturated carbocycles. The van der Waals surface area contributed by atoms with E-state index >= 15 is 0 Å². The molecule has 1 amide bonds. The molecule has 1 aliphatic rings. The number of nitrogens with two attached hydrogens (primary N) is 1. The molecule has 1 aromatic rings. The molecule has 0 aliphatic heterocycles. The molecule has 0 bridgehead atoms. The molecule has 1 aromatic heterocycles. The molecule has 0 atom stereocenters. The van der Waals surface area contributed by atoms with Crippen LogP contribution in [0.2, 0.25) is 0 Å². The van der Waals surface area contributed by atoms with Crippen LogP contribution in [0.15, 0.2) is 18.3 Å². The van der Waals surface area contributed by atoms with Crippen molar-refractivity contribution in [1.29, 1.82) is 0 Å². The maximum absolute atomic E-state index is 12.1. The van der Waals surface area contributed by atoms with E-state index in [9.17, 15) is 4.79 Å². The average molecular weight is 313 g/mol. The molecule has 1 fully saturated rings. The number of pyridine rings is 1. The van der Waals surface area contributed by atoms with Gasteiger partial charge in [0.15, 0.2) is 0 Å². The Morgan fingerprint density at radius 3 is 2.52 bits per heavy atom. The second-order valence-electron chi connectivity index (χ2n) is 5.84. The summed E-state index contributed by atoms with van der Waals surface area (Å²) in [5, 5.41) is 3.03. The fourth-order valence-electron chi connectivity index (χ4n) is 2.87. The number of halogens is 1. The number of amides is 1. The van der Waals surface area contributed by atoms with Crippen LogP contribution in [0.5, 0.6) is 0 Å². The van der Waals surface area contributed by atoms with Crippen LogP contribution in [0, 0.1) is 0 Å². The van der Waals surface area contributed by atoms with Gasteiger partial charge in [-0.3, -0.25) is 4.79 Å². The zero-order valence-electron chi connectivity index (χ0n) is 12.8. The van der Waals surface area contributed by atoms with Crippen LogP contribution in [-0.2, 0) is 0 Å². The number of aromatic nitrogens is 1. The molecule has 6 heteroatoms. The van der Waals surface area contributed by atoms with Gasteiger partial charge in [-0.15, -0.1) is 12.4 Å². The van der Waals surface area contributed by atoms with E-state index in [1.54, 1.807) is 12.1 Å². The molecule has 21 heavy (non-hydrogen) atoms. The normalized spacial score (nSPS) is 17.1. The van der Waals surface area contributed by atoms with Crippen LogP contribution in [0.4, 0.5) is 5.69 Å². The van der Waals surface area contributed by atoms with Gasteiger partial charge in [0, 0.05) is 12.1 Å². The van der Waals surface area contributed by atoms with E-state index in [2.05, 4.69) is 29.3 Å². The second-order valence-corrected chi connectivity index (χ2v) is 5.84. The number of rotatable bonds is 4. The third-order valence-electron chi connectivity index (χ3n) is 4.33. The second kappa shape index (κ2) is 7.61. The number of nitrogen functional groups attached to an aromatic ring is 1. The predicted octanol–water partition coefficient (Wildman–Crippen LogP) is 2.08. The number of nitrogens with zero attached hydrogens (tertiary/aromatic N) is 2. The highest BCUT2D eigenvalue weighted by Gasteiger charge is 2.34. The summed E-state index contributed by atoms with van der Waals surface area (Å²) in [5.41, 5.74) is 6.65. The molecule has 5 nitrogen and oxygen atoms in total. The summed E-state index contributed by atoms with van der Waals surface area (Å²) in [5.74, 6) is -0.128. The molecular weight excluding hydrogens is 288 g/mol. The van der Waals surface area contributed by atoms with Crippen LogP contribution in [-0.4, -0.2) is 42.0 Å². The molecule has 3 N–H and O–H groups in total. The van der Waals surface area contributed by atoms with Gasteiger partial charge in [-0.25, -0.2) is 4.98 Å². The summed E-state index contributed by atoms with van der Waals surface area (Å²) in [6.07, 6.45) is 7.54. The lowest BCUT2D eigenvalue weighted by molar-refractivity contribution is 0.0796. The standard InChI is InChI=1S/C15H24N4O.ClH/c1-19(2)15(8-4-3-5-9-15)11-18-14(20)13-7-6-12(16)10-17-13;/h6-7,10H,3-5,8-9,11,16H2,1-2H3,(H,18,20);1H. The van der Waals surface area contributed by atoms with E-state index in [4.69, 9.17) is 5.73 Å². The van der Waals surface area contributed by atoms with Gasteiger partial charge in [-0.1, -0.05) is 19.3 Å². The highest BCUT2D eigenvalue weighted by Crippen LogP contribution is 2.31. The van der Waals surface area contributed by atoms with E-state index in [0.29, 0.717) is 17.9 Å². The monoisotopic (exact) mass is 312 g/mol. The van der Waals surface area contributed by atoms with Gasteiger partial charge in [-0.2, -0.15) is 0 Å². The number of likely N-dealkylation sites (N-methyl/N-ethyl adjacent to an activating group) is 1. The van der Waals surface area contributed by atoms with Crippen molar-refractivity contribution >= 4 is 24.0 Å². The predicted molar refractivity (Wildman–Crippen MR) is 87.7 cm³/mol. The summed E-state index contributed by atoms with van der Waals surface area (Å²) in [6, 6.07) is 3.36. The third kappa shape index (κ3) is 4.32. The van der Waals surface area contributed by atoms with Gasteiger partial charge in [0.2, 0.25) is 0 Å². The lowest BCUT2D eigenvalue weighted by atomic mass is 9.80. The lowest BCUT2D eigenvalue weighted by Crippen LogP contribution is -2.53. The molecular formula is C15H25ClN4O. The van der Waals surface area contributed by atoms with Crippen LogP contribution in [0.1, 0.15) is 42.6 Å². The summed E-state index contributed by atoms with van der Waals surface area (Å²) in [7, 11) is 4.19. The number of anilines is 1. The summed E-state index contributed by atoms with van der Waals surface area (Å²) in [4.78, 5) is 18.4. The Hall–Kier alpha value is -1.33. The van der Waals surface area contributed by atoms with E-state index < -0.39 is 0 Å². The minimum atomic E-state index is -0.128. The first kappa shape index (κ1) is 17.7. The number of hydrogen-bond donors (Lipinski definition) is 2. The number of carbonyl (C=O) groups is 1. The molecule has 1 heterocycles. The summed E-state index contributed by atoms with van der Waals surface area (Å²) in [6.45, 7) is 0.672. The quantitative estimate of drug-likeness (QED) is 0.893. The van der Waals surface area contributed by atoms with Gasteiger partial charge in [-0.05, 0) is 39.1 Å². The molecule has 1 aliphatic carbocycles. The van der Waals surface area contributed by atoms with Gasteiger partial charge in [0.05, 0.1) is 11.9 Å². The van der Waals surface area contributed by atoms with Gasteiger partial charge >= 0.3 is 0 Å². The van der Waals surface area contributed by atoms with E-state index in [0.717, 1.165) is 12.8 Å². The van der Waals surface area contributed by atoms with Gasteiger partial charge in [0.25, 0.3) is 5.91 Å². The minimum Gasteiger partial charge on any atom is -0.397 e. The van der Waals surface area contributed by atoms with Crippen molar-refractivity contribution in [2.75, 3.05) is 26.4 Å². The molecule has 0 radical (unpaired) electrons. The van der Waals surface area contributed by atoms with Crippen molar-refractivity contribution in [2.24, 2.45) is 0 Å². The van der Waals surface area contributed by atoms with Crippen LogP contribution in [0.3, 0.4) is 0 Å². The maximum Gasteiger partial charge on any atom is 0.269 e. The zero-order valence-corrected chi connectivity index (χ0v) is 13.6. The van der Waals surface area contributed by atoms with Gasteiger partial charge in [0.1, 0.15) is 5.69 Å². The van der Waals surface area contributed by atoms with E-state index in [1.807, 2.05) is 0 Å². The first-order valence-corrected chi connectivity index (χ1v) is 7.21. The largest absolute Gasteiger partial charge is 0.397 e.